The van der Waals surface area contributed by atoms with Crippen LogP contribution in [0.1, 0.15) is 15.9 Å². The molecule has 0 saturated carbocycles. The number of nitrogens with two attached hydrogens (primary N) is 1. The van der Waals surface area contributed by atoms with Crippen LogP contribution in [0.5, 0.6) is 0 Å². The van der Waals surface area contributed by atoms with Gasteiger partial charge < -0.3 is 10.7 Å². The number of rotatable bonds is 2. The number of benzene rings is 1. The molecule has 0 spiro atoms. The molecule has 4 nitrogen and oxygen atoms in total. The third kappa shape index (κ3) is 1.61. The van der Waals surface area contributed by atoms with Gasteiger partial charge in [-0.1, -0.05) is 12.1 Å². The first-order valence-electron chi connectivity index (χ1n) is 4.59. The van der Waals surface area contributed by atoms with Gasteiger partial charge in [0.25, 0.3) is 0 Å². The number of hydrogen-bond acceptors (Lipinski definition) is 2. The van der Waals surface area contributed by atoms with Crippen molar-refractivity contribution in [3.8, 4) is 11.4 Å². The molecule has 76 valence electrons. The van der Waals surface area contributed by atoms with Gasteiger partial charge in [0.1, 0.15) is 5.82 Å². The van der Waals surface area contributed by atoms with Crippen LogP contribution in [-0.2, 0) is 0 Å². The van der Waals surface area contributed by atoms with Crippen molar-refractivity contribution in [3.63, 3.8) is 0 Å². The summed E-state index contributed by atoms with van der Waals surface area (Å²) in [6.45, 7) is 1.86. The number of hydrogen-bond donors (Lipinski definition) is 2. The lowest BCUT2D eigenvalue weighted by molar-refractivity contribution is 0.1000. The zero-order chi connectivity index (χ0) is 10.8. The Bertz CT molecular complexity index is 489. The second kappa shape index (κ2) is 3.57. The van der Waals surface area contributed by atoms with Crippen LogP contribution in [0.25, 0.3) is 11.4 Å². The fraction of sp³-hybridized carbons (Fsp3) is 0.0909. The molecule has 0 atom stereocenters. The predicted molar refractivity (Wildman–Crippen MR) is 57.3 cm³/mol. The second-order valence-electron chi connectivity index (χ2n) is 3.28. The molecule has 0 fully saturated rings. The van der Waals surface area contributed by atoms with E-state index < -0.39 is 5.91 Å². The van der Waals surface area contributed by atoms with Gasteiger partial charge in [-0.15, -0.1) is 0 Å². The molecule has 3 N–H and O–H groups in total. The number of carbonyl (C=O) groups excluding carboxylic acids is 1. The molecule has 1 aromatic heterocycles. The molecule has 0 saturated heterocycles. The monoisotopic (exact) mass is 201 g/mol. The first-order chi connectivity index (χ1) is 7.20. The largest absolute Gasteiger partial charge is 0.366 e. The number of aromatic nitrogens is 2. The molecule has 0 radical (unpaired) electrons. The maximum atomic E-state index is 11.1. The molecular weight excluding hydrogens is 190 g/mol. The highest BCUT2D eigenvalue weighted by molar-refractivity contribution is 5.95. The van der Waals surface area contributed by atoms with Crippen molar-refractivity contribution in [1.29, 1.82) is 0 Å². The van der Waals surface area contributed by atoms with Crippen LogP contribution >= 0.6 is 0 Å². The Morgan fingerprint density at radius 3 is 2.87 bits per heavy atom. The molecule has 1 aromatic carbocycles. The van der Waals surface area contributed by atoms with Gasteiger partial charge in [0.2, 0.25) is 5.91 Å². The van der Waals surface area contributed by atoms with Gasteiger partial charge in [-0.05, 0) is 18.6 Å². The number of imidazole rings is 1. The number of carbonyl (C=O) groups is 1. The smallest absolute Gasteiger partial charge is 0.248 e. The van der Waals surface area contributed by atoms with Crippen molar-refractivity contribution >= 4 is 5.91 Å². The van der Waals surface area contributed by atoms with Crippen molar-refractivity contribution in [2.24, 2.45) is 5.73 Å². The van der Waals surface area contributed by atoms with Crippen LogP contribution in [0.3, 0.4) is 0 Å². The van der Waals surface area contributed by atoms with Gasteiger partial charge in [0.15, 0.2) is 0 Å². The number of primary amides is 1. The maximum absolute atomic E-state index is 11.1. The van der Waals surface area contributed by atoms with Crippen LogP contribution in [0.15, 0.2) is 30.6 Å². The van der Waals surface area contributed by atoms with E-state index >= 15 is 0 Å². The minimum absolute atomic E-state index is 0.416. The van der Waals surface area contributed by atoms with Crippen LogP contribution in [0.4, 0.5) is 0 Å². The zero-order valence-corrected chi connectivity index (χ0v) is 8.32. The van der Waals surface area contributed by atoms with Gasteiger partial charge in [-0.25, -0.2) is 4.98 Å². The summed E-state index contributed by atoms with van der Waals surface area (Å²) in [4.78, 5) is 18.3. The van der Waals surface area contributed by atoms with E-state index in [0.717, 1.165) is 17.0 Å². The van der Waals surface area contributed by atoms with Crippen LogP contribution in [-0.4, -0.2) is 15.9 Å². The first kappa shape index (κ1) is 9.45. The minimum atomic E-state index is -0.416. The van der Waals surface area contributed by atoms with Crippen molar-refractivity contribution in [2.45, 2.75) is 6.92 Å². The predicted octanol–water partition coefficient (Wildman–Crippen LogP) is 1.48. The standard InChI is InChI=1S/C11H11N3O/c1-7-8(10(12)15)3-2-4-9(7)11-13-5-6-14-11/h2-6H,1H3,(H2,12,15)(H,13,14). The lowest BCUT2D eigenvalue weighted by Gasteiger charge is -2.06. The van der Waals surface area contributed by atoms with Crippen molar-refractivity contribution in [1.82, 2.24) is 9.97 Å². The Morgan fingerprint density at radius 2 is 2.27 bits per heavy atom. The lowest BCUT2D eigenvalue weighted by atomic mass is 10.0. The van der Waals surface area contributed by atoms with Gasteiger partial charge in [0.05, 0.1) is 0 Å². The van der Waals surface area contributed by atoms with Gasteiger partial charge in [-0.2, -0.15) is 0 Å². The summed E-state index contributed by atoms with van der Waals surface area (Å²) in [6, 6.07) is 5.41. The molecule has 15 heavy (non-hydrogen) atoms. The third-order valence-corrected chi connectivity index (χ3v) is 2.35. The lowest BCUT2D eigenvalue weighted by Crippen LogP contribution is -2.13. The van der Waals surface area contributed by atoms with E-state index in [1.54, 1.807) is 24.5 Å². The van der Waals surface area contributed by atoms with Gasteiger partial charge >= 0.3 is 0 Å². The summed E-state index contributed by atoms with van der Waals surface area (Å²) in [5.41, 5.74) is 7.55. The molecule has 4 heteroatoms. The van der Waals surface area contributed by atoms with Gasteiger partial charge in [-0.3, -0.25) is 4.79 Å². The Labute approximate surface area is 87.1 Å². The molecule has 0 bridgehead atoms. The van der Waals surface area contributed by atoms with Crippen LogP contribution in [0.2, 0.25) is 0 Å². The fourth-order valence-electron chi connectivity index (χ4n) is 1.57. The maximum Gasteiger partial charge on any atom is 0.248 e. The molecular formula is C11H11N3O. The van der Waals surface area contributed by atoms with Gasteiger partial charge in [0, 0.05) is 23.5 Å². The Hall–Kier alpha value is -2.10. The molecule has 1 heterocycles. The van der Waals surface area contributed by atoms with Crippen molar-refractivity contribution in [3.05, 3.63) is 41.7 Å². The quantitative estimate of drug-likeness (QED) is 0.772. The third-order valence-electron chi connectivity index (χ3n) is 2.35. The zero-order valence-electron chi connectivity index (χ0n) is 8.32. The van der Waals surface area contributed by atoms with Crippen molar-refractivity contribution in [2.75, 3.05) is 0 Å². The van der Waals surface area contributed by atoms with E-state index in [1.807, 2.05) is 13.0 Å². The number of amides is 1. The van der Waals surface area contributed by atoms with E-state index in [1.165, 1.54) is 0 Å². The highest BCUT2D eigenvalue weighted by Gasteiger charge is 2.10. The summed E-state index contributed by atoms with van der Waals surface area (Å²) in [6.07, 6.45) is 3.41. The topological polar surface area (TPSA) is 71.8 Å². The van der Waals surface area contributed by atoms with Crippen LogP contribution < -0.4 is 5.73 Å². The molecule has 2 rings (SSSR count). The average Bonchev–Trinajstić information content (AvgIpc) is 2.70. The molecule has 0 aliphatic heterocycles. The number of nitrogens with one attached hydrogen (secondary N) is 1. The molecule has 0 aliphatic carbocycles. The Morgan fingerprint density at radius 1 is 1.47 bits per heavy atom. The summed E-state index contributed by atoms with van der Waals surface area (Å²) in [5.74, 6) is 0.330. The summed E-state index contributed by atoms with van der Waals surface area (Å²) >= 11 is 0. The van der Waals surface area contributed by atoms with E-state index in [9.17, 15) is 4.79 Å². The highest BCUT2D eigenvalue weighted by Crippen LogP contribution is 2.22. The second-order valence-corrected chi connectivity index (χ2v) is 3.28. The fourth-order valence-corrected chi connectivity index (χ4v) is 1.57. The average molecular weight is 201 g/mol. The number of aromatic amines is 1. The normalized spacial score (nSPS) is 10.2. The van der Waals surface area contributed by atoms with E-state index in [-0.39, 0.29) is 0 Å². The van der Waals surface area contributed by atoms with Crippen LogP contribution in [0, 0.1) is 6.92 Å². The Balaban J connectivity index is 2.59. The minimum Gasteiger partial charge on any atom is -0.366 e. The van der Waals surface area contributed by atoms with E-state index in [0.29, 0.717) is 5.56 Å². The SMILES string of the molecule is Cc1c(C(N)=O)cccc1-c1ncc[nH]1. The van der Waals surface area contributed by atoms with E-state index in [2.05, 4.69) is 9.97 Å². The molecule has 0 unspecified atom stereocenters. The molecule has 1 amide bonds. The summed E-state index contributed by atoms with van der Waals surface area (Å²) in [5, 5.41) is 0. The summed E-state index contributed by atoms with van der Waals surface area (Å²) in [7, 11) is 0. The number of nitrogens with zero attached hydrogens (tertiary/aromatic N) is 1. The van der Waals surface area contributed by atoms with Crippen molar-refractivity contribution < 1.29 is 4.79 Å². The first-order valence-corrected chi connectivity index (χ1v) is 4.59. The Kier molecular flexibility index (Phi) is 2.25. The molecule has 2 aromatic rings. The molecule has 0 aliphatic rings. The number of H-pyrrole nitrogens is 1. The highest BCUT2D eigenvalue weighted by atomic mass is 16.1. The van der Waals surface area contributed by atoms with E-state index in [4.69, 9.17) is 5.73 Å². The summed E-state index contributed by atoms with van der Waals surface area (Å²) < 4.78 is 0.